The first-order valence-corrected chi connectivity index (χ1v) is 7.61. The summed E-state index contributed by atoms with van der Waals surface area (Å²) in [6, 6.07) is 17.5. The Balaban J connectivity index is 2.02. The van der Waals surface area contributed by atoms with Gasteiger partial charge in [0.05, 0.1) is 18.3 Å². The average molecular weight is 321 g/mol. The van der Waals surface area contributed by atoms with Gasteiger partial charge in [0, 0.05) is 30.9 Å². The molecular weight excluding hydrogens is 302 g/mol. The van der Waals surface area contributed by atoms with Gasteiger partial charge in [-0.15, -0.1) is 0 Å². The molecule has 1 aromatic heterocycles. The first-order chi connectivity index (χ1) is 11.6. The van der Waals surface area contributed by atoms with Crippen molar-refractivity contribution in [3.8, 4) is 0 Å². The van der Waals surface area contributed by atoms with E-state index in [4.69, 9.17) is 4.74 Å². The van der Waals surface area contributed by atoms with Gasteiger partial charge in [-0.25, -0.2) is 9.78 Å². The lowest BCUT2D eigenvalue weighted by Crippen LogP contribution is -2.08. The van der Waals surface area contributed by atoms with Crippen molar-refractivity contribution in [2.45, 2.75) is 0 Å². The Morgan fingerprint density at radius 1 is 1.08 bits per heavy atom. The molecule has 0 aliphatic rings. The van der Waals surface area contributed by atoms with E-state index in [0.29, 0.717) is 0 Å². The molecule has 3 aromatic rings. The van der Waals surface area contributed by atoms with Gasteiger partial charge in [0.2, 0.25) is 0 Å². The number of carbonyl (C=O) groups excluding carboxylic acids is 1. The van der Waals surface area contributed by atoms with Gasteiger partial charge in [-0.2, -0.15) is 0 Å². The van der Waals surface area contributed by atoms with E-state index in [2.05, 4.69) is 10.3 Å². The van der Waals surface area contributed by atoms with Crippen LogP contribution >= 0.6 is 0 Å². The molecule has 0 spiro atoms. The summed E-state index contributed by atoms with van der Waals surface area (Å²) in [7, 11) is 5.36. The third kappa shape index (κ3) is 3.15. The van der Waals surface area contributed by atoms with Gasteiger partial charge in [-0.05, 0) is 36.4 Å². The highest BCUT2D eigenvalue weighted by Crippen LogP contribution is 2.27. The summed E-state index contributed by atoms with van der Waals surface area (Å²) in [5.74, 6) is -0.452. The number of nitrogens with one attached hydrogen (secondary N) is 1. The fourth-order valence-corrected chi connectivity index (χ4v) is 2.49. The number of carbonyl (C=O) groups is 1. The van der Waals surface area contributed by atoms with E-state index >= 15 is 0 Å². The van der Waals surface area contributed by atoms with Gasteiger partial charge in [0.25, 0.3) is 0 Å². The summed E-state index contributed by atoms with van der Waals surface area (Å²) in [6.07, 6.45) is 0. The van der Waals surface area contributed by atoms with Crippen LogP contribution in [0.2, 0.25) is 0 Å². The first kappa shape index (κ1) is 15.8. The Hall–Kier alpha value is -3.08. The standard InChI is InChI=1S/C19H19N3O2/c1-22(2)14-10-8-13(9-11-14)20-17-12-18(19(23)24-3)21-16-7-5-4-6-15(16)17/h4-12H,1-3H3,(H,20,21). The van der Waals surface area contributed by atoms with Crippen molar-refractivity contribution >= 4 is 33.9 Å². The molecule has 0 aliphatic carbocycles. The highest BCUT2D eigenvalue weighted by atomic mass is 16.5. The Morgan fingerprint density at radius 3 is 2.46 bits per heavy atom. The summed E-state index contributed by atoms with van der Waals surface area (Å²) in [6.45, 7) is 0. The predicted octanol–water partition coefficient (Wildman–Crippen LogP) is 3.83. The number of rotatable bonds is 4. The quantitative estimate of drug-likeness (QED) is 0.740. The third-order valence-corrected chi connectivity index (χ3v) is 3.77. The lowest BCUT2D eigenvalue weighted by atomic mass is 10.1. The van der Waals surface area contributed by atoms with E-state index in [1.165, 1.54) is 7.11 Å². The largest absolute Gasteiger partial charge is 0.464 e. The number of esters is 1. The average Bonchev–Trinajstić information content (AvgIpc) is 2.61. The smallest absolute Gasteiger partial charge is 0.356 e. The molecule has 24 heavy (non-hydrogen) atoms. The van der Waals surface area contributed by atoms with Crippen LogP contribution in [0, 0.1) is 0 Å². The van der Waals surface area contributed by atoms with Crippen molar-refractivity contribution in [3.63, 3.8) is 0 Å². The first-order valence-electron chi connectivity index (χ1n) is 7.61. The molecule has 0 bridgehead atoms. The Morgan fingerprint density at radius 2 is 1.79 bits per heavy atom. The molecule has 122 valence electrons. The Bertz CT molecular complexity index is 873. The molecule has 3 rings (SSSR count). The number of anilines is 3. The molecule has 0 saturated carbocycles. The van der Waals surface area contributed by atoms with Crippen LogP contribution in [0.1, 0.15) is 10.5 Å². The van der Waals surface area contributed by atoms with Crippen LogP contribution in [0.15, 0.2) is 54.6 Å². The van der Waals surface area contributed by atoms with Crippen molar-refractivity contribution in [1.29, 1.82) is 0 Å². The van der Waals surface area contributed by atoms with Crippen LogP contribution in [0.3, 0.4) is 0 Å². The van der Waals surface area contributed by atoms with Gasteiger partial charge < -0.3 is 15.0 Å². The minimum absolute atomic E-state index is 0.281. The molecule has 5 nitrogen and oxygen atoms in total. The summed E-state index contributed by atoms with van der Waals surface area (Å²) < 4.78 is 4.80. The predicted molar refractivity (Wildman–Crippen MR) is 97.1 cm³/mol. The number of hydrogen-bond donors (Lipinski definition) is 1. The van der Waals surface area contributed by atoms with Gasteiger partial charge in [-0.3, -0.25) is 0 Å². The molecule has 0 radical (unpaired) electrons. The highest BCUT2D eigenvalue weighted by molar-refractivity contribution is 5.98. The number of nitrogens with zero attached hydrogens (tertiary/aromatic N) is 2. The SMILES string of the molecule is COC(=O)c1cc(Nc2ccc(N(C)C)cc2)c2ccccc2n1. The monoisotopic (exact) mass is 321 g/mol. The van der Waals surface area contributed by atoms with Crippen LogP contribution in [-0.2, 0) is 4.74 Å². The molecule has 2 aromatic carbocycles. The van der Waals surface area contributed by atoms with Crippen LogP contribution in [-0.4, -0.2) is 32.2 Å². The summed E-state index contributed by atoms with van der Waals surface area (Å²) in [4.78, 5) is 18.3. The number of aromatic nitrogens is 1. The van der Waals surface area contributed by atoms with Crippen molar-refractivity contribution < 1.29 is 9.53 Å². The number of pyridine rings is 1. The van der Waals surface area contributed by atoms with Crippen molar-refractivity contribution in [1.82, 2.24) is 4.98 Å². The number of hydrogen-bond acceptors (Lipinski definition) is 5. The molecule has 5 heteroatoms. The normalized spacial score (nSPS) is 10.5. The number of fused-ring (bicyclic) bond motifs is 1. The topological polar surface area (TPSA) is 54.5 Å². The van der Waals surface area contributed by atoms with E-state index in [1.807, 2.05) is 67.5 Å². The third-order valence-electron chi connectivity index (χ3n) is 3.77. The molecule has 0 atom stereocenters. The molecule has 0 saturated heterocycles. The second-order valence-corrected chi connectivity index (χ2v) is 5.63. The highest BCUT2D eigenvalue weighted by Gasteiger charge is 2.12. The number of ether oxygens (including phenoxy) is 1. The van der Waals surface area contributed by atoms with Gasteiger partial charge in [0.15, 0.2) is 5.69 Å². The van der Waals surface area contributed by atoms with Crippen molar-refractivity contribution in [3.05, 3.63) is 60.3 Å². The zero-order valence-corrected chi connectivity index (χ0v) is 13.9. The summed E-state index contributed by atoms with van der Waals surface area (Å²) >= 11 is 0. The van der Waals surface area contributed by atoms with E-state index in [0.717, 1.165) is 28.0 Å². The number of benzene rings is 2. The minimum atomic E-state index is -0.452. The van der Waals surface area contributed by atoms with Crippen LogP contribution in [0.25, 0.3) is 10.9 Å². The van der Waals surface area contributed by atoms with E-state index in [9.17, 15) is 4.79 Å². The zero-order chi connectivity index (χ0) is 17.1. The van der Waals surface area contributed by atoms with Gasteiger partial charge in [0.1, 0.15) is 0 Å². The Kier molecular flexibility index (Phi) is 4.33. The number of para-hydroxylation sites is 1. The maximum Gasteiger partial charge on any atom is 0.356 e. The molecule has 0 aliphatic heterocycles. The molecular formula is C19H19N3O2. The fourth-order valence-electron chi connectivity index (χ4n) is 2.49. The van der Waals surface area contributed by atoms with Gasteiger partial charge in [-0.1, -0.05) is 18.2 Å². The minimum Gasteiger partial charge on any atom is -0.464 e. The number of methoxy groups -OCH3 is 1. The second-order valence-electron chi connectivity index (χ2n) is 5.63. The lowest BCUT2D eigenvalue weighted by molar-refractivity contribution is 0.0594. The molecule has 0 amide bonds. The zero-order valence-electron chi connectivity index (χ0n) is 13.9. The maximum atomic E-state index is 11.9. The van der Waals surface area contributed by atoms with E-state index in [1.54, 1.807) is 6.07 Å². The summed E-state index contributed by atoms with van der Waals surface area (Å²) in [5, 5.41) is 4.31. The van der Waals surface area contributed by atoms with E-state index < -0.39 is 5.97 Å². The molecule has 1 heterocycles. The molecule has 1 N–H and O–H groups in total. The van der Waals surface area contributed by atoms with Crippen molar-refractivity contribution in [2.24, 2.45) is 0 Å². The maximum absolute atomic E-state index is 11.9. The van der Waals surface area contributed by atoms with Crippen LogP contribution < -0.4 is 10.2 Å². The second kappa shape index (κ2) is 6.58. The van der Waals surface area contributed by atoms with Gasteiger partial charge >= 0.3 is 5.97 Å². The fraction of sp³-hybridized carbons (Fsp3) is 0.158. The van der Waals surface area contributed by atoms with Crippen molar-refractivity contribution in [2.75, 3.05) is 31.4 Å². The molecule has 0 unspecified atom stereocenters. The van der Waals surface area contributed by atoms with Crippen LogP contribution in [0.5, 0.6) is 0 Å². The molecule has 0 fully saturated rings. The Labute approximate surface area is 140 Å². The summed E-state index contributed by atoms with van der Waals surface area (Å²) in [5.41, 5.74) is 3.90. The van der Waals surface area contributed by atoms with E-state index in [-0.39, 0.29) is 5.69 Å². The van der Waals surface area contributed by atoms with Crippen LogP contribution in [0.4, 0.5) is 17.1 Å². The lowest BCUT2D eigenvalue weighted by Gasteiger charge is -2.14.